The van der Waals surface area contributed by atoms with Gasteiger partial charge in [-0.1, -0.05) is 50.6 Å². The summed E-state index contributed by atoms with van der Waals surface area (Å²) in [4.78, 5) is 2.22. The number of aryl methyl sites for hydroxylation is 1. The topological polar surface area (TPSA) is 52.9 Å². The van der Waals surface area contributed by atoms with Gasteiger partial charge in [-0.05, 0) is 73.5 Å². The van der Waals surface area contributed by atoms with E-state index in [0.29, 0.717) is 6.54 Å². The number of benzene rings is 2. The third kappa shape index (κ3) is 7.17. The van der Waals surface area contributed by atoms with E-state index in [2.05, 4.69) is 38.7 Å². The molecular weight excluding hydrogens is 429 g/mol. The first-order valence-corrected chi connectivity index (χ1v) is 11.2. The fourth-order valence-electron chi connectivity index (χ4n) is 4.28. The van der Waals surface area contributed by atoms with E-state index < -0.39 is 12.2 Å². The van der Waals surface area contributed by atoms with Crippen LogP contribution in [0.25, 0.3) is 0 Å². The van der Waals surface area contributed by atoms with Gasteiger partial charge in [0.25, 0.3) is 0 Å². The number of aliphatic hydroxyl groups is 2. The largest absolute Gasteiger partial charge is 0.491 e. The SMILES string of the molecule is Cc1ccc(OCC(O)CN2CCC(C(O)c3ccc(F)cc3)CC2)c(C(C)(C)C)c1.Cl. The summed E-state index contributed by atoms with van der Waals surface area (Å²) in [6.07, 6.45) is 0.539. The third-order valence-electron chi connectivity index (χ3n) is 6.13. The first-order chi connectivity index (χ1) is 14.6. The second kappa shape index (κ2) is 11.5. The minimum absolute atomic E-state index is 0. The molecule has 0 radical (unpaired) electrons. The van der Waals surface area contributed by atoms with Crippen molar-refractivity contribution >= 4 is 12.4 Å². The molecule has 3 rings (SSSR count). The van der Waals surface area contributed by atoms with Crippen molar-refractivity contribution in [3.8, 4) is 5.75 Å². The maximum Gasteiger partial charge on any atom is 0.123 e. The van der Waals surface area contributed by atoms with Gasteiger partial charge in [-0.25, -0.2) is 4.39 Å². The zero-order valence-corrected chi connectivity index (χ0v) is 20.4. The summed E-state index contributed by atoms with van der Waals surface area (Å²) in [6, 6.07) is 12.3. The fourth-order valence-corrected chi connectivity index (χ4v) is 4.28. The molecule has 1 heterocycles. The summed E-state index contributed by atoms with van der Waals surface area (Å²) >= 11 is 0. The Kier molecular flexibility index (Phi) is 9.53. The van der Waals surface area contributed by atoms with Crippen LogP contribution in [0, 0.1) is 18.7 Å². The van der Waals surface area contributed by atoms with Gasteiger partial charge in [-0.2, -0.15) is 0 Å². The van der Waals surface area contributed by atoms with Crippen LogP contribution in [0.2, 0.25) is 0 Å². The quantitative estimate of drug-likeness (QED) is 0.601. The lowest BCUT2D eigenvalue weighted by molar-refractivity contribution is 0.0276. The highest BCUT2D eigenvalue weighted by molar-refractivity contribution is 5.85. The summed E-state index contributed by atoms with van der Waals surface area (Å²) in [5, 5.41) is 21.2. The van der Waals surface area contributed by atoms with E-state index in [9.17, 15) is 14.6 Å². The Morgan fingerprint density at radius 3 is 2.28 bits per heavy atom. The van der Waals surface area contributed by atoms with Crippen LogP contribution in [0.5, 0.6) is 5.75 Å². The van der Waals surface area contributed by atoms with Gasteiger partial charge in [0, 0.05) is 6.54 Å². The Hall–Kier alpha value is -1.66. The Bertz CT molecular complexity index is 845. The van der Waals surface area contributed by atoms with Crippen molar-refractivity contribution < 1.29 is 19.3 Å². The highest BCUT2D eigenvalue weighted by Crippen LogP contribution is 2.33. The van der Waals surface area contributed by atoms with E-state index >= 15 is 0 Å². The standard InChI is InChI=1S/C26H36FNO3.ClH/c1-18-5-10-24(23(15-18)26(2,3)4)31-17-22(29)16-28-13-11-20(12-14-28)25(30)19-6-8-21(27)9-7-19;/h5-10,15,20,22,25,29-30H,11-14,16-17H2,1-4H3;1H. The summed E-state index contributed by atoms with van der Waals surface area (Å²) in [5.41, 5.74) is 3.08. The molecule has 2 atom stereocenters. The summed E-state index contributed by atoms with van der Waals surface area (Å²) in [5.74, 6) is 0.692. The van der Waals surface area contributed by atoms with E-state index in [-0.39, 0.29) is 36.2 Å². The van der Waals surface area contributed by atoms with Gasteiger partial charge in [0.15, 0.2) is 0 Å². The van der Waals surface area contributed by atoms with Crippen LogP contribution in [0.1, 0.15) is 56.4 Å². The average Bonchev–Trinajstić information content (AvgIpc) is 2.73. The molecule has 1 saturated heterocycles. The summed E-state index contributed by atoms with van der Waals surface area (Å²) in [6.45, 7) is 11.0. The number of nitrogens with zero attached hydrogens (tertiary/aromatic N) is 1. The van der Waals surface area contributed by atoms with Gasteiger partial charge >= 0.3 is 0 Å². The van der Waals surface area contributed by atoms with Crippen LogP contribution in [0.3, 0.4) is 0 Å². The van der Waals surface area contributed by atoms with Gasteiger partial charge in [0.05, 0.1) is 6.10 Å². The first kappa shape index (κ1) is 26.6. The lowest BCUT2D eigenvalue weighted by Gasteiger charge is -2.35. The van der Waals surface area contributed by atoms with E-state index in [1.54, 1.807) is 12.1 Å². The zero-order valence-electron chi connectivity index (χ0n) is 19.6. The average molecular weight is 466 g/mol. The first-order valence-electron chi connectivity index (χ1n) is 11.2. The van der Waals surface area contributed by atoms with Gasteiger partial charge in [-0.3, -0.25) is 0 Å². The number of halogens is 2. The maximum atomic E-state index is 13.1. The molecule has 4 nitrogen and oxygen atoms in total. The van der Waals surface area contributed by atoms with Crippen molar-refractivity contribution in [1.29, 1.82) is 0 Å². The second-order valence-electron chi connectivity index (χ2n) is 9.85. The number of aliphatic hydroxyl groups excluding tert-OH is 2. The molecule has 0 amide bonds. The van der Waals surface area contributed by atoms with Crippen LogP contribution in [0.15, 0.2) is 42.5 Å². The molecule has 178 valence electrons. The predicted octanol–water partition coefficient (Wildman–Crippen LogP) is 5.04. The molecule has 0 spiro atoms. The molecule has 0 aliphatic carbocycles. The minimum atomic E-state index is -0.576. The van der Waals surface area contributed by atoms with Crippen molar-refractivity contribution in [2.24, 2.45) is 5.92 Å². The third-order valence-corrected chi connectivity index (χ3v) is 6.13. The molecule has 0 saturated carbocycles. The lowest BCUT2D eigenvalue weighted by atomic mass is 9.85. The van der Waals surface area contributed by atoms with E-state index in [1.807, 2.05) is 12.1 Å². The number of ether oxygens (including phenoxy) is 1. The Morgan fingerprint density at radius 1 is 1.06 bits per heavy atom. The molecule has 2 unspecified atom stereocenters. The highest BCUT2D eigenvalue weighted by Gasteiger charge is 2.27. The van der Waals surface area contributed by atoms with Crippen LogP contribution in [0.4, 0.5) is 4.39 Å². The van der Waals surface area contributed by atoms with Gasteiger partial charge in [-0.15, -0.1) is 12.4 Å². The summed E-state index contributed by atoms with van der Waals surface area (Å²) < 4.78 is 19.1. The van der Waals surface area contributed by atoms with Crippen LogP contribution in [-0.2, 0) is 5.41 Å². The van der Waals surface area contributed by atoms with Crippen molar-refractivity contribution in [2.45, 2.75) is 58.2 Å². The van der Waals surface area contributed by atoms with Gasteiger partial charge in [0.2, 0.25) is 0 Å². The van der Waals surface area contributed by atoms with Gasteiger partial charge < -0.3 is 19.8 Å². The summed E-state index contributed by atoms with van der Waals surface area (Å²) in [7, 11) is 0. The molecule has 6 heteroatoms. The number of likely N-dealkylation sites (tertiary alicyclic amines) is 1. The number of hydrogen-bond donors (Lipinski definition) is 2. The number of piperidine rings is 1. The molecule has 2 aromatic rings. The Labute approximate surface area is 197 Å². The molecular formula is C26H37ClFNO3. The zero-order chi connectivity index (χ0) is 22.6. The number of rotatable bonds is 7. The smallest absolute Gasteiger partial charge is 0.123 e. The van der Waals surface area contributed by atoms with Crippen LogP contribution in [-0.4, -0.2) is 47.5 Å². The molecule has 2 aromatic carbocycles. The molecule has 32 heavy (non-hydrogen) atoms. The number of β-amino-alcohol motifs (C(OH)–C–C–N with tert-alkyl or cyclic N) is 1. The fraction of sp³-hybridized carbons (Fsp3) is 0.538. The van der Waals surface area contributed by atoms with Crippen LogP contribution >= 0.6 is 12.4 Å². The van der Waals surface area contributed by atoms with Crippen molar-refractivity contribution in [3.63, 3.8) is 0 Å². The molecule has 0 bridgehead atoms. The van der Waals surface area contributed by atoms with Crippen molar-refractivity contribution in [2.75, 3.05) is 26.2 Å². The second-order valence-corrected chi connectivity index (χ2v) is 9.85. The number of hydrogen-bond acceptors (Lipinski definition) is 4. The van der Waals surface area contributed by atoms with Crippen molar-refractivity contribution in [1.82, 2.24) is 4.90 Å². The lowest BCUT2D eigenvalue weighted by Crippen LogP contribution is -2.41. The minimum Gasteiger partial charge on any atom is -0.491 e. The maximum absolute atomic E-state index is 13.1. The Morgan fingerprint density at radius 2 is 1.69 bits per heavy atom. The molecule has 1 aliphatic rings. The van der Waals surface area contributed by atoms with E-state index in [0.717, 1.165) is 42.8 Å². The monoisotopic (exact) mass is 465 g/mol. The highest BCUT2D eigenvalue weighted by atomic mass is 35.5. The van der Waals surface area contributed by atoms with Gasteiger partial charge in [0.1, 0.15) is 24.3 Å². The Balaban J connectivity index is 0.00000363. The molecule has 1 fully saturated rings. The van der Waals surface area contributed by atoms with Crippen LogP contribution < -0.4 is 4.74 Å². The molecule has 1 aliphatic heterocycles. The van der Waals surface area contributed by atoms with Crippen molar-refractivity contribution in [3.05, 3.63) is 65.0 Å². The predicted molar refractivity (Wildman–Crippen MR) is 129 cm³/mol. The van der Waals surface area contributed by atoms with E-state index in [1.165, 1.54) is 17.7 Å². The van der Waals surface area contributed by atoms with E-state index in [4.69, 9.17) is 4.74 Å². The molecule has 0 aromatic heterocycles. The normalized spacial score (nSPS) is 17.5. The molecule has 2 N–H and O–H groups in total.